The molecule has 1 atom stereocenters. The first kappa shape index (κ1) is 18.4. The fraction of sp³-hybridized carbons (Fsp3) is 1.00. The standard InChI is InChI=1S/C6H13N.C3H5F3O.CH4S/c7-6-4-2-1-3-5-6;1-2(7)3(4,5)6;1-2/h6H,1-5,7H2;2,7H,1H3;2H,1H3. The Morgan fingerprint density at radius 3 is 1.62 bits per heavy atom. The maximum absolute atomic E-state index is 10.9. The van der Waals surface area contributed by atoms with Gasteiger partial charge in [-0.2, -0.15) is 25.8 Å². The molecule has 100 valence electrons. The SMILES string of the molecule is CC(O)C(F)(F)F.CS.NC1CCCCC1. The highest BCUT2D eigenvalue weighted by Crippen LogP contribution is 2.18. The van der Waals surface area contributed by atoms with Gasteiger partial charge in [0.15, 0.2) is 0 Å². The van der Waals surface area contributed by atoms with Crippen molar-refractivity contribution in [3.63, 3.8) is 0 Å². The van der Waals surface area contributed by atoms with Crippen molar-refractivity contribution in [3.05, 3.63) is 0 Å². The predicted octanol–water partition coefficient (Wildman–Crippen LogP) is 2.75. The number of nitrogens with two attached hydrogens (primary N) is 1. The van der Waals surface area contributed by atoms with E-state index in [0.29, 0.717) is 13.0 Å². The maximum atomic E-state index is 10.9. The van der Waals surface area contributed by atoms with Crippen LogP contribution in [0.2, 0.25) is 0 Å². The highest BCUT2D eigenvalue weighted by molar-refractivity contribution is 7.79. The van der Waals surface area contributed by atoms with Crippen molar-refractivity contribution in [2.75, 3.05) is 6.26 Å². The molecule has 0 aliphatic heterocycles. The Morgan fingerprint density at radius 1 is 1.19 bits per heavy atom. The van der Waals surface area contributed by atoms with E-state index in [1.165, 1.54) is 32.1 Å². The molecule has 0 spiro atoms. The molecule has 0 aromatic carbocycles. The zero-order valence-corrected chi connectivity index (χ0v) is 10.7. The van der Waals surface area contributed by atoms with Gasteiger partial charge < -0.3 is 10.8 Å². The number of hydrogen-bond donors (Lipinski definition) is 3. The van der Waals surface area contributed by atoms with Crippen molar-refractivity contribution < 1.29 is 18.3 Å². The maximum Gasteiger partial charge on any atom is 0.414 e. The zero-order chi connectivity index (χ0) is 13.2. The summed E-state index contributed by atoms with van der Waals surface area (Å²) in [4.78, 5) is 0. The predicted molar refractivity (Wildman–Crippen MR) is 63.7 cm³/mol. The monoisotopic (exact) mass is 261 g/mol. The van der Waals surface area contributed by atoms with Crippen LogP contribution in [0.3, 0.4) is 0 Å². The highest BCUT2D eigenvalue weighted by atomic mass is 32.1. The van der Waals surface area contributed by atoms with Gasteiger partial charge >= 0.3 is 6.18 Å². The molecule has 1 rings (SSSR count). The van der Waals surface area contributed by atoms with E-state index < -0.39 is 12.3 Å². The van der Waals surface area contributed by atoms with Gasteiger partial charge in [-0.15, -0.1) is 0 Å². The first-order chi connectivity index (χ1) is 7.34. The van der Waals surface area contributed by atoms with Crippen LogP contribution in [0, 0.1) is 0 Å². The van der Waals surface area contributed by atoms with Crippen molar-refractivity contribution >= 4 is 12.6 Å². The fourth-order valence-electron chi connectivity index (χ4n) is 1.13. The van der Waals surface area contributed by atoms with Crippen LogP contribution in [0.1, 0.15) is 39.0 Å². The Morgan fingerprint density at radius 2 is 1.50 bits per heavy atom. The van der Waals surface area contributed by atoms with Crippen molar-refractivity contribution in [2.45, 2.75) is 57.3 Å². The minimum atomic E-state index is -4.44. The summed E-state index contributed by atoms with van der Waals surface area (Å²) in [7, 11) is 0. The van der Waals surface area contributed by atoms with E-state index in [1.54, 1.807) is 6.26 Å². The second-order valence-corrected chi connectivity index (χ2v) is 3.62. The van der Waals surface area contributed by atoms with E-state index in [-0.39, 0.29) is 0 Å². The van der Waals surface area contributed by atoms with E-state index in [2.05, 4.69) is 12.6 Å². The van der Waals surface area contributed by atoms with Crippen molar-refractivity contribution in [1.29, 1.82) is 0 Å². The average molecular weight is 261 g/mol. The molecule has 1 aliphatic rings. The Labute approximate surface area is 101 Å². The van der Waals surface area contributed by atoms with Gasteiger partial charge in [0.05, 0.1) is 0 Å². The fourth-order valence-corrected chi connectivity index (χ4v) is 1.13. The van der Waals surface area contributed by atoms with E-state index in [9.17, 15) is 13.2 Å². The lowest BCUT2D eigenvalue weighted by atomic mass is 9.97. The second kappa shape index (κ2) is 10.2. The lowest BCUT2D eigenvalue weighted by molar-refractivity contribution is -0.197. The van der Waals surface area contributed by atoms with E-state index in [4.69, 9.17) is 10.8 Å². The summed E-state index contributed by atoms with van der Waals surface area (Å²) in [5.74, 6) is 0. The quantitative estimate of drug-likeness (QED) is 0.587. The first-order valence-electron chi connectivity index (χ1n) is 5.29. The number of alkyl halides is 3. The summed E-state index contributed by atoms with van der Waals surface area (Å²) in [6.07, 6.45) is 1.71. The summed E-state index contributed by atoms with van der Waals surface area (Å²) in [5, 5.41) is 7.76. The summed E-state index contributed by atoms with van der Waals surface area (Å²) in [5.41, 5.74) is 5.63. The molecular weight excluding hydrogens is 239 g/mol. The normalized spacial score (nSPS) is 18.8. The van der Waals surface area contributed by atoms with Crippen LogP contribution in [0.15, 0.2) is 0 Å². The molecule has 0 amide bonds. The highest BCUT2D eigenvalue weighted by Gasteiger charge is 2.33. The Hall–Kier alpha value is 0.0600. The van der Waals surface area contributed by atoms with Crippen LogP contribution in [0.25, 0.3) is 0 Å². The molecule has 16 heavy (non-hydrogen) atoms. The average Bonchev–Trinajstić information content (AvgIpc) is 2.21. The summed E-state index contributed by atoms with van der Waals surface area (Å²) in [6.45, 7) is 0.681. The smallest absolute Gasteiger partial charge is 0.384 e. The van der Waals surface area contributed by atoms with Crippen molar-refractivity contribution in [3.8, 4) is 0 Å². The molecule has 0 aromatic heterocycles. The third kappa shape index (κ3) is 12.1. The van der Waals surface area contributed by atoms with E-state index in [1.807, 2.05) is 0 Å². The van der Waals surface area contributed by atoms with Crippen LogP contribution in [-0.4, -0.2) is 29.7 Å². The minimum Gasteiger partial charge on any atom is -0.384 e. The number of halogens is 3. The topological polar surface area (TPSA) is 46.2 Å². The van der Waals surface area contributed by atoms with Crippen LogP contribution in [0.5, 0.6) is 0 Å². The molecule has 0 bridgehead atoms. The van der Waals surface area contributed by atoms with Gasteiger partial charge in [0.2, 0.25) is 0 Å². The lowest BCUT2D eigenvalue weighted by Gasteiger charge is -2.15. The Kier molecular flexibility index (Phi) is 11.8. The molecule has 1 aliphatic carbocycles. The number of aliphatic hydroxyl groups is 1. The number of aliphatic hydroxyl groups excluding tert-OH is 1. The molecule has 0 aromatic rings. The zero-order valence-electron chi connectivity index (χ0n) is 9.80. The van der Waals surface area contributed by atoms with Gasteiger partial charge in [-0.1, -0.05) is 19.3 Å². The molecule has 6 heteroatoms. The third-order valence-corrected chi connectivity index (χ3v) is 2.12. The second-order valence-electron chi connectivity index (χ2n) is 3.62. The van der Waals surface area contributed by atoms with Crippen LogP contribution in [-0.2, 0) is 0 Å². The van der Waals surface area contributed by atoms with Crippen LogP contribution < -0.4 is 5.73 Å². The van der Waals surface area contributed by atoms with Gasteiger partial charge in [0, 0.05) is 6.04 Å². The van der Waals surface area contributed by atoms with Crippen molar-refractivity contribution in [1.82, 2.24) is 0 Å². The molecule has 1 saturated carbocycles. The van der Waals surface area contributed by atoms with E-state index in [0.717, 1.165) is 0 Å². The molecule has 2 nitrogen and oxygen atoms in total. The van der Waals surface area contributed by atoms with Crippen LogP contribution >= 0.6 is 12.6 Å². The molecule has 1 unspecified atom stereocenters. The molecule has 0 saturated heterocycles. The largest absolute Gasteiger partial charge is 0.414 e. The van der Waals surface area contributed by atoms with Gasteiger partial charge in [0.1, 0.15) is 6.10 Å². The van der Waals surface area contributed by atoms with E-state index >= 15 is 0 Å². The molecule has 1 fully saturated rings. The lowest BCUT2D eigenvalue weighted by Crippen LogP contribution is -2.24. The first-order valence-corrected chi connectivity index (χ1v) is 6.18. The summed E-state index contributed by atoms with van der Waals surface area (Å²) < 4.78 is 32.8. The third-order valence-electron chi connectivity index (χ3n) is 2.12. The molecule has 3 N–H and O–H groups in total. The van der Waals surface area contributed by atoms with Gasteiger partial charge in [-0.05, 0) is 26.0 Å². The number of rotatable bonds is 0. The summed E-state index contributed by atoms with van der Waals surface area (Å²) in [6, 6.07) is 0.536. The molecule has 0 radical (unpaired) electrons. The minimum absolute atomic E-state index is 0.536. The summed E-state index contributed by atoms with van der Waals surface area (Å²) >= 11 is 3.53. The number of thiol groups is 1. The van der Waals surface area contributed by atoms with Crippen molar-refractivity contribution in [2.24, 2.45) is 5.73 Å². The van der Waals surface area contributed by atoms with Gasteiger partial charge in [-0.3, -0.25) is 0 Å². The van der Waals surface area contributed by atoms with Crippen LogP contribution in [0.4, 0.5) is 13.2 Å². The van der Waals surface area contributed by atoms with Gasteiger partial charge in [0.25, 0.3) is 0 Å². The number of hydrogen-bond acceptors (Lipinski definition) is 3. The molecule has 0 heterocycles. The molecular formula is C10H22F3NOS. The Balaban J connectivity index is 0. The Bertz CT molecular complexity index is 147. The van der Waals surface area contributed by atoms with Gasteiger partial charge in [-0.25, -0.2) is 0 Å².